The van der Waals surface area contributed by atoms with Crippen molar-refractivity contribution in [1.82, 2.24) is 4.98 Å². The van der Waals surface area contributed by atoms with Gasteiger partial charge in [-0.05, 0) is 31.3 Å². The van der Waals surface area contributed by atoms with Crippen LogP contribution in [-0.4, -0.2) is 24.4 Å². The number of nitrogens with zero attached hydrogens (tertiary/aromatic N) is 1. The minimum absolute atomic E-state index is 0.0602. The van der Waals surface area contributed by atoms with E-state index in [1.54, 1.807) is 14.2 Å². The lowest BCUT2D eigenvalue weighted by Gasteiger charge is -2.31. The van der Waals surface area contributed by atoms with Gasteiger partial charge in [-0.3, -0.25) is 0 Å². The molecule has 0 radical (unpaired) electrons. The van der Waals surface area contributed by atoms with Crippen molar-refractivity contribution in [2.24, 2.45) is 0 Å². The molecule has 23 heavy (non-hydrogen) atoms. The monoisotopic (exact) mass is 331 g/mol. The fourth-order valence-corrected chi connectivity index (χ4v) is 5.86. The highest BCUT2D eigenvalue weighted by molar-refractivity contribution is 7.68. The first kappa shape index (κ1) is 16.1. The molecule has 0 fully saturated rings. The maximum atomic E-state index is 6.30. The van der Waals surface area contributed by atoms with E-state index in [1.807, 2.05) is 36.4 Å². The van der Waals surface area contributed by atoms with Crippen molar-refractivity contribution in [3.63, 3.8) is 0 Å². The van der Waals surface area contributed by atoms with Crippen LogP contribution >= 0.6 is 7.92 Å². The normalized spacial score (nSPS) is 19.9. The molecule has 2 heterocycles. The van der Waals surface area contributed by atoms with E-state index in [0.29, 0.717) is 5.88 Å². The van der Waals surface area contributed by atoms with Crippen molar-refractivity contribution in [3.05, 3.63) is 42.1 Å². The summed E-state index contributed by atoms with van der Waals surface area (Å²) in [6.45, 7) is 6.74. The molecule has 0 saturated heterocycles. The van der Waals surface area contributed by atoms with Gasteiger partial charge in [0, 0.05) is 6.07 Å². The molecule has 1 aromatic carbocycles. The molecule has 1 aliphatic heterocycles. The second kappa shape index (κ2) is 6.01. The minimum atomic E-state index is -0.651. The summed E-state index contributed by atoms with van der Waals surface area (Å²) >= 11 is 0. The van der Waals surface area contributed by atoms with Gasteiger partial charge in [0.1, 0.15) is 11.5 Å². The number of ether oxygens (including phenoxy) is 3. The maximum absolute atomic E-state index is 6.30. The quantitative estimate of drug-likeness (QED) is 0.794. The van der Waals surface area contributed by atoms with Crippen LogP contribution < -0.4 is 19.5 Å². The van der Waals surface area contributed by atoms with Crippen molar-refractivity contribution in [1.29, 1.82) is 0 Å². The standard InChI is InChI=1S/C18H22NO3P/c1-18(2,3)23-16-13(20-4)9-7-10-14(16)22-17(23)12-8-6-11-15(19-12)21-5/h6-11,17H,1-5H3/t17?,23-/m1/s1. The van der Waals surface area contributed by atoms with Crippen LogP contribution in [0.25, 0.3) is 0 Å². The van der Waals surface area contributed by atoms with E-state index in [1.165, 1.54) is 5.30 Å². The van der Waals surface area contributed by atoms with Gasteiger partial charge in [-0.1, -0.05) is 32.9 Å². The molecule has 0 aliphatic carbocycles. The number of benzene rings is 1. The van der Waals surface area contributed by atoms with Crippen molar-refractivity contribution in [2.75, 3.05) is 14.2 Å². The molecule has 0 amide bonds. The number of aromatic nitrogens is 1. The predicted octanol–water partition coefficient (Wildman–Crippen LogP) is 4.10. The Morgan fingerprint density at radius 2 is 1.78 bits per heavy atom. The molecule has 0 bridgehead atoms. The van der Waals surface area contributed by atoms with E-state index in [4.69, 9.17) is 14.2 Å². The van der Waals surface area contributed by atoms with Gasteiger partial charge in [0.25, 0.3) is 0 Å². The van der Waals surface area contributed by atoms with Crippen LogP contribution in [0.5, 0.6) is 17.4 Å². The first-order valence-corrected chi connectivity index (χ1v) is 9.00. The molecule has 0 spiro atoms. The lowest BCUT2D eigenvalue weighted by Crippen LogP contribution is -2.21. The van der Waals surface area contributed by atoms with E-state index < -0.39 is 7.92 Å². The van der Waals surface area contributed by atoms with Gasteiger partial charge in [-0.2, -0.15) is 0 Å². The van der Waals surface area contributed by atoms with Crippen LogP contribution in [0.1, 0.15) is 32.3 Å². The summed E-state index contributed by atoms with van der Waals surface area (Å²) in [5.41, 5.74) is 0.906. The summed E-state index contributed by atoms with van der Waals surface area (Å²) in [4.78, 5) is 4.60. The molecule has 2 aromatic rings. The number of hydrogen-bond acceptors (Lipinski definition) is 4. The number of rotatable bonds is 3. The van der Waals surface area contributed by atoms with Crippen LogP contribution in [0.3, 0.4) is 0 Å². The first-order chi connectivity index (χ1) is 11.0. The molecule has 1 aromatic heterocycles. The molecule has 4 nitrogen and oxygen atoms in total. The summed E-state index contributed by atoms with van der Waals surface area (Å²) < 4.78 is 17.2. The van der Waals surface area contributed by atoms with E-state index in [9.17, 15) is 0 Å². The summed E-state index contributed by atoms with van der Waals surface area (Å²) in [6, 6.07) is 11.8. The maximum Gasteiger partial charge on any atom is 0.213 e. The largest absolute Gasteiger partial charge is 0.496 e. The third kappa shape index (κ3) is 2.88. The molecular weight excluding hydrogens is 309 g/mol. The first-order valence-electron chi connectivity index (χ1n) is 7.59. The van der Waals surface area contributed by atoms with Crippen LogP contribution in [0.2, 0.25) is 0 Å². The molecule has 3 rings (SSSR count). The van der Waals surface area contributed by atoms with Gasteiger partial charge in [-0.25, -0.2) is 4.98 Å². The average molecular weight is 331 g/mol. The Labute approximate surface area is 138 Å². The molecule has 1 unspecified atom stereocenters. The number of pyridine rings is 1. The fourth-order valence-electron chi connectivity index (χ4n) is 2.85. The van der Waals surface area contributed by atoms with Crippen molar-refractivity contribution in [3.8, 4) is 17.4 Å². The number of fused-ring (bicyclic) bond motifs is 1. The van der Waals surface area contributed by atoms with E-state index >= 15 is 0 Å². The molecule has 0 saturated carbocycles. The molecule has 5 heteroatoms. The van der Waals surface area contributed by atoms with Gasteiger partial charge >= 0.3 is 0 Å². The Morgan fingerprint density at radius 3 is 2.43 bits per heavy atom. The Balaban J connectivity index is 2.12. The van der Waals surface area contributed by atoms with Gasteiger partial charge in [0.2, 0.25) is 5.88 Å². The summed E-state index contributed by atoms with van der Waals surface area (Å²) in [5, 5.41) is 1.25. The zero-order chi connectivity index (χ0) is 16.6. The summed E-state index contributed by atoms with van der Waals surface area (Å²) in [5.74, 6) is 2.32. The Bertz CT molecular complexity index is 712. The van der Waals surface area contributed by atoms with E-state index in [2.05, 4.69) is 25.8 Å². The smallest absolute Gasteiger partial charge is 0.213 e. The average Bonchev–Trinajstić information content (AvgIpc) is 2.94. The van der Waals surface area contributed by atoms with Crippen LogP contribution in [0.4, 0.5) is 0 Å². The molecule has 1 aliphatic rings. The lowest BCUT2D eigenvalue weighted by molar-refractivity contribution is 0.291. The van der Waals surface area contributed by atoms with Gasteiger partial charge in [-0.15, -0.1) is 0 Å². The van der Waals surface area contributed by atoms with Crippen molar-refractivity contribution >= 4 is 13.2 Å². The summed E-state index contributed by atoms with van der Waals surface area (Å²) in [6.07, 6.45) is 0. The third-order valence-corrected chi connectivity index (χ3v) is 7.03. The lowest BCUT2D eigenvalue weighted by atomic mass is 10.3. The van der Waals surface area contributed by atoms with E-state index in [-0.39, 0.29) is 11.0 Å². The van der Waals surface area contributed by atoms with Crippen LogP contribution in [0.15, 0.2) is 36.4 Å². The highest BCUT2D eigenvalue weighted by atomic mass is 31.1. The van der Waals surface area contributed by atoms with Crippen molar-refractivity contribution < 1.29 is 14.2 Å². The molecule has 0 N–H and O–H groups in total. The second-order valence-electron chi connectivity index (χ2n) is 6.42. The van der Waals surface area contributed by atoms with Crippen molar-refractivity contribution in [2.45, 2.75) is 31.8 Å². The number of methoxy groups -OCH3 is 2. The van der Waals surface area contributed by atoms with Gasteiger partial charge in [0.15, 0.2) is 5.85 Å². The SMILES string of the molecule is COc1cccc(C2Oc3cccc(OC)c3[P@@]2C(C)(C)C)n1. The molecule has 2 atom stereocenters. The molecule has 122 valence electrons. The van der Waals surface area contributed by atoms with E-state index in [0.717, 1.165) is 17.2 Å². The highest BCUT2D eigenvalue weighted by Crippen LogP contribution is 2.66. The van der Waals surface area contributed by atoms with Gasteiger partial charge in [0.05, 0.1) is 25.2 Å². The van der Waals surface area contributed by atoms with Crippen LogP contribution in [-0.2, 0) is 0 Å². The Hall–Kier alpha value is -1.80. The Morgan fingerprint density at radius 1 is 1.04 bits per heavy atom. The fraction of sp³-hybridized carbons (Fsp3) is 0.389. The number of hydrogen-bond donors (Lipinski definition) is 0. The third-order valence-electron chi connectivity index (χ3n) is 3.83. The summed E-state index contributed by atoms with van der Waals surface area (Å²) in [7, 11) is 2.69. The second-order valence-corrected chi connectivity index (χ2v) is 9.42. The zero-order valence-corrected chi connectivity index (χ0v) is 15.1. The topological polar surface area (TPSA) is 40.6 Å². The predicted molar refractivity (Wildman–Crippen MR) is 93.5 cm³/mol. The zero-order valence-electron chi connectivity index (χ0n) is 14.2. The minimum Gasteiger partial charge on any atom is -0.496 e. The highest BCUT2D eigenvalue weighted by Gasteiger charge is 2.45. The van der Waals surface area contributed by atoms with Crippen LogP contribution in [0, 0.1) is 0 Å². The Kier molecular flexibility index (Phi) is 4.20. The molecular formula is C18H22NO3P. The van der Waals surface area contributed by atoms with Gasteiger partial charge < -0.3 is 14.2 Å².